The first-order valence-corrected chi connectivity index (χ1v) is 13.4. The van der Waals surface area contributed by atoms with Gasteiger partial charge in [-0.2, -0.15) is 0 Å². The lowest BCUT2D eigenvalue weighted by molar-refractivity contribution is -0.140. The minimum atomic E-state index is -0.882. The molecule has 40 heavy (non-hydrogen) atoms. The molecule has 1 aliphatic rings. The molecule has 0 radical (unpaired) electrons. The van der Waals surface area contributed by atoms with Crippen molar-refractivity contribution in [2.45, 2.75) is 65.6 Å². The van der Waals surface area contributed by atoms with Crippen molar-refractivity contribution in [1.29, 1.82) is 0 Å². The molecule has 3 aromatic rings. The zero-order chi connectivity index (χ0) is 29.4. The molecule has 0 aliphatic carbocycles. The number of carbonyl (C=O) groups excluding carboxylic acids is 2. The van der Waals surface area contributed by atoms with Crippen molar-refractivity contribution in [3.05, 3.63) is 94.1 Å². The van der Waals surface area contributed by atoms with E-state index in [0.29, 0.717) is 28.2 Å². The number of aryl methyl sites for hydroxylation is 1. The number of aliphatic hydroxyl groups is 1. The van der Waals surface area contributed by atoms with Crippen LogP contribution in [0.3, 0.4) is 0 Å². The average molecular weight is 544 g/mol. The van der Waals surface area contributed by atoms with Crippen LogP contribution in [0.15, 0.2) is 66.2 Å². The molecule has 0 saturated carbocycles. The molecule has 1 atom stereocenters. The number of phenolic OH excluding ortho intramolecular Hbond substituents is 1. The predicted octanol–water partition coefficient (Wildman–Crippen LogP) is 6.63. The summed E-state index contributed by atoms with van der Waals surface area (Å²) in [6.07, 6.45) is 0. The monoisotopic (exact) mass is 543 g/mol. The fourth-order valence-electron chi connectivity index (χ4n) is 5.02. The summed E-state index contributed by atoms with van der Waals surface area (Å²) in [4.78, 5) is 28.7. The van der Waals surface area contributed by atoms with Crippen LogP contribution in [0, 0.1) is 6.92 Å². The lowest BCUT2D eigenvalue weighted by Crippen LogP contribution is -2.30. The minimum absolute atomic E-state index is 0.00659. The lowest BCUT2D eigenvalue weighted by atomic mass is 9.91. The van der Waals surface area contributed by atoms with Gasteiger partial charge < -0.3 is 24.6 Å². The summed E-state index contributed by atoms with van der Waals surface area (Å²) in [5.41, 5.74) is 2.88. The largest absolute Gasteiger partial charge is 0.508 e. The fourth-order valence-corrected chi connectivity index (χ4v) is 5.02. The van der Waals surface area contributed by atoms with Gasteiger partial charge in [0.25, 0.3) is 11.7 Å². The summed E-state index contributed by atoms with van der Waals surface area (Å²) in [6.45, 7) is 11.8. The molecule has 1 fully saturated rings. The number of ether oxygens (including phenoxy) is 2. The van der Waals surface area contributed by atoms with E-state index in [-0.39, 0.29) is 29.5 Å². The standard InChI is InChI=1S/C33H37NO6/c1-19(2)24-17-25(20(3)16-27(24)39-7)30(36)28-29(21-12-14-23(35)15-13-21)34(32(38)31(28)37)18-22-10-8-9-11-26(22)40-33(4,5)6/h8-17,19,29,35-36H,18H2,1-7H3/b30-28+. The molecular weight excluding hydrogens is 506 g/mol. The number of phenols is 1. The van der Waals surface area contributed by atoms with Crippen LogP contribution in [-0.2, 0) is 16.1 Å². The molecular formula is C33H37NO6. The van der Waals surface area contributed by atoms with E-state index >= 15 is 0 Å². The number of amides is 1. The number of aromatic hydroxyl groups is 1. The second-order valence-electron chi connectivity index (χ2n) is 11.4. The van der Waals surface area contributed by atoms with Crippen LogP contribution in [-0.4, -0.2) is 39.5 Å². The van der Waals surface area contributed by atoms with E-state index in [0.717, 1.165) is 11.1 Å². The van der Waals surface area contributed by atoms with Gasteiger partial charge in [0.1, 0.15) is 28.6 Å². The van der Waals surface area contributed by atoms with Gasteiger partial charge in [-0.3, -0.25) is 9.59 Å². The maximum atomic E-state index is 13.6. The minimum Gasteiger partial charge on any atom is -0.508 e. The zero-order valence-electron chi connectivity index (χ0n) is 24.1. The molecule has 0 bridgehead atoms. The van der Waals surface area contributed by atoms with E-state index in [9.17, 15) is 19.8 Å². The predicted molar refractivity (Wildman–Crippen MR) is 155 cm³/mol. The molecule has 7 nitrogen and oxygen atoms in total. The third-order valence-corrected chi connectivity index (χ3v) is 6.93. The Balaban J connectivity index is 1.90. The molecule has 7 heteroatoms. The second kappa shape index (κ2) is 11.1. The number of methoxy groups -OCH3 is 1. The van der Waals surface area contributed by atoms with Crippen LogP contribution in [0.25, 0.3) is 5.76 Å². The van der Waals surface area contributed by atoms with Crippen LogP contribution in [0.5, 0.6) is 17.2 Å². The molecule has 1 heterocycles. The first-order chi connectivity index (χ1) is 18.8. The van der Waals surface area contributed by atoms with Gasteiger partial charge in [-0.1, -0.05) is 44.2 Å². The molecule has 210 valence electrons. The summed E-state index contributed by atoms with van der Waals surface area (Å²) in [5.74, 6) is -0.301. The molecule has 0 aromatic heterocycles. The number of Topliss-reactive ketones (excluding diaryl/α,β-unsaturated/α-hetero) is 1. The van der Waals surface area contributed by atoms with E-state index in [2.05, 4.69) is 0 Å². The third-order valence-electron chi connectivity index (χ3n) is 6.93. The number of nitrogens with zero attached hydrogens (tertiary/aromatic N) is 1. The number of ketones is 1. The highest BCUT2D eigenvalue weighted by molar-refractivity contribution is 6.46. The maximum Gasteiger partial charge on any atom is 0.295 e. The van der Waals surface area contributed by atoms with E-state index in [1.165, 1.54) is 17.0 Å². The van der Waals surface area contributed by atoms with Gasteiger partial charge in [0.15, 0.2) is 0 Å². The Bertz CT molecular complexity index is 1460. The highest BCUT2D eigenvalue weighted by atomic mass is 16.5. The molecule has 1 amide bonds. The van der Waals surface area contributed by atoms with Gasteiger partial charge in [-0.25, -0.2) is 0 Å². The normalized spacial score (nSPS) is 17.0. The van der Waals surface area contributed by atoms with Crippen molar-refractivity contribution in [2.24, 2.45) is 0 Å². The quantitative estimate of drug-likeness (QED) is 0.197. The molecule has 1 saturated heterocycles. The Morgan fingerprint density at radius 1 is 1.00 bits per heavy atom. The highest BCUT2D eigenvalue weighted by Crippen LogP contribution is 2.43. The Labute approximate surface area is 235 Å². The summed E-state index contributed by atoms with van der Waals surface area (Å²) >= 11 is 0. The van der Waals surface area contributed by atoms with Gasteiger partial charge in [0.05, 0.1) is 25.3 Å². The first-order valence-electron chi connectivity index (χ1n) is 13.4. The number of aliphatic hydroxyl groups excluding tert-OH is 1. The fraction of sp³-hybridized carbons (Fsp3) is 0.333. The molecule has 0 spiro atoms. The Morgan fingerprint density at radius 2 is 1.65 bits per heavy atom. The summed E-state index contributed by atoms with van der Waals surface area (Å²) in [7, 11) is 1.59. The van der Waals surface area contributed by atoms with Crippen molar-refractivity contribution in [3.8, 4) is 17.2 Å². The van der Waals surface area contributed by atoms with Crippen LogP contribution in [0.2, 0.25) is 0 Å². The zero-order valence-corrected chi connectivity index (χ0v) is 24.1. The SMILES string of the molecule is COc1cc(C)c(/C(O)=C2\C(=O)C(=O)N(Cc3ccccc3OC(C)(C)C)C2c2ccc(O)cc2)cc1C(C)C. The van der Waals surface area contributed by atoms with Crippen LogP contribution < -0.4 is 9.47 Å². The number of likely N-dealkylation sites (tertiary alicyclic amines) is 1. The first kappa shape index (κ1) is 28.7. The molecule has 2 N–H and O–H groups in total. The Kier molecular flexibility index (Phi) is 7.96. The van der Waals surface area contributed by atoms with Crippen molar-refractivity contribution >= 4 is 17.4 Å². The van der Waals surface area contributed by atoms with E-state index < -0.39 is 23.3 Å². The number of carbonyl (C=O) groups is 2. The Morgan fingerprint density at radius 3 is 2.25 bits per heavy atom. The molecule has 1 aliphatic heterocycles. The molecule has 1 unspecified atom stereocenters. The van der Waals surface area contributed by atoms with Crippen LogP contribution in [0.1, 0.15) is 74.4 Å². The van der Waals surface area contributed by atoms with E-state index in [1.54, 1.807) is 19.2 Å². The lowest BCUT2D eigenvalue weighted by Gasteiger charge is -2.28. The van der Waals surface area contributed by atoms with Gasteiger partial charge in [-0.05, 0) is 80.6 Å². The number of hydrogen-bond acceptors (Lipinski definition) is 6. The van der Waals surface area contributed by atoms with Crippen molar-refractivity contribution in [3.63, 3.8) is 0 Å². The van der Waals surface area contributed by atoms with Crippen LogP contribution in [0.4, 0.5) is 0 Å². The summed E-state index contributed by atoms with van der Waals surface area (Å²) in [6, 6.07) is 16.5. The van der Waals surface area contributed by atoms with E-state index in [4.69, 9.17) is 9.47 Å². The molecule has 3 aromatic carbocycles. The Hall–Kier alpha value is -4.26. The van der Waals surface area contributed by atoms with Crippen molar-refractivity contribution < 1.29 is 29.3 Å². The number of rotatable bonds is 7. The van der Waals surface area contributed by atoms with Gasteiger partial charge in [0.2, 0.25) is 0 Å². The average Bonchev–Trinajstić information content (AvgIpc) is 3.13. The summed E-state index contributed by atoms with van der Waals surface area (Å²) in [5, 5.41) is 21.6. The second-order valence-corrected chi connectivity index (χ2v) is 11.4. The van der Waals surface area contributed by atoms with Crippen molar-refractivity contribution in [2.75, 3.05) is 7.11 Å². The smallest absolute Gasteiger partial charge is 0.295 e. The maximum absolute atomic E-state index is 13.6. The highest BCUT2D eigenvalue weighted by Gasteiger charge is 2.46. The van der Waals surface area contributed by atoms with Crippen LogP contribution >= 0.6 is 0 Å². The van der Waals surface area contributed by atoms with Gasteiger partial charge >= 0.3 is 0 Å². The van der Waals surface area contributed by atoms with Gasteiger partial charge in [0, 0.05) is 11.1 Å². The van der Waals surface area contributed by atoms with Gasteiger partial charge in [-0.15, -0.1) is 0 Å². The number of hydrogen-bond donors (Lipinski definition) is 2. The molecule has 4 rings (SSSR count). The summed E-state index contributed by atoms with van der Waals surface area (Å²) < 4.78 is 11.7. The van der Waals surface area contributed by atoms with E-state index in [1.807, 2.05) is 77.9 Å². The number of benzene rings is 3. The topological polar surface area (TPSA) is 96.3 Å². The third kappa shape index (κ3) is 5.69. The number of para-hydroxylation sites is 1. The van der Waals surface area contributed by atoms with Crippen molar-refractivity contribution in [1.82, 2.24) is 4.90 Å².